The van der Waals surface area contributed by atoms with E-state index in [9.17, 15) is 9.70 Å². The Kier molecular flexibility index (Phi) is 4.34. The number of carbonyl (C=O) groups is 1. The van der Waals surface area contributed by atoms with Crippen LogP contribution in [-0.2, 0) is 16.1 Å². The third-order valence-electron chi connectivity index (χ3n) is 1.83. The molecule has 0 aliphatic carbocycles. The minimum Gasteiger partial charge on any atom is -0.285 e. The summed E-state index contributed by atoms with van der Waals surface area (Å²) in [5.41, 5.74) is 1.17. The van der Waals surface area contributed by atoms with E-state index in [-0.39, 0.29) is 6.42 Å². The number of aryl methyl sites for hydroxylation is 1. The van der Waals surface area contributed by atoms with Gasteiger partial charge < -0.3 is 0 Å². The average molecular weight is 193 g/mol. The Bertz CT molecular complexity index is 297. The highest BCUT2D eigenvalue weighted by molar-refractivity contribution is 5.68. The van der Waals surface area contributed by atoms with Gasteiger partial charge in [0, 0.05) is 6.42 Å². The third-order valence-corrected chi connectivity index (χ3v) is 1.83. The minimum atomic E-state index is -0.573. The van der Waals surface area contributed by atoms with E-state index in [0.29, 0.717) is 6.42 Å². The van der Waals surface area contributed by atoms with Crippen molar-refractivity contribution in [1.29, 1.82) is 0 Å². The van der Waals surface area contributed by atoms with Crippen molar-refractivity contribution in [3.8, 4) is 0 Å². The van der Waals surface area contributed by atoms with Crippen molar-refractivity contribution >= 4 is 5.97 Å². The van der Waals surface area contributed by atoms with Crippen molar-refractivity contribution in [2.75, 3.05) is 0 Å². The molecule has 1 rings (SSSR count). The Labute approximate surface area is 81.8 Å². The van der Waals surface area contributed by atoms with E-state index < -0.39 is 5.97 Å². The largest absolute Gasteiger partial charge is 0.338 e. The zero-order valence-electron chi connectivity index (χ0n) is 7.68. The first-order chi connectivity index (χ1) is 6.83. The van der Waals surface area contributed by atoms with E-state index in [1.54, 1.807) is 0 Å². The maximum Gasteiger partial charge on any atom is 0.338 e. The summed E-state index contributed by atoms with van der Waals surface area (Å²) in [5.74, 6) is -0.573. The molecule has 0 amide bonds. The second kappa shape index (κ2) is 5.85. The van der Waals surface area contributed by atoms with Crippen LogP contribution in [0, 0.1) is 4.91 Å². The summed E-state index contributed by atoms with van der Waals surface area (Å²) in [4.78, 5) is 24.2. The number of nitrogens with zero attached hydrogens (tertiary/aromatic N) is 1. The van der Waals surface area contributed by atoms with Crippen LogP contribution in [0.3, 0.4) is 0 Å². The van der Waals surface area contributed by atoms with Gasteiger partial charge in [-0.05, 0) is 18.4 Å². The lowest BCUT2D eigenvalue weighted by Crippen LogP contribution is -1.99. The van der Waals surface area contributed by atoms with Crippen LogP contribution >= 0.6 is 0 Å². The predicted molar refractivity (Wildman–Crippen MR) is 51.3 cm³/mol. The van der Waals surface area contributed by atoms with Gasteiger partial charge in [0.15, 0.2) is 5.34 Å². The highest BCUT2D eigenvalue weighted by Crippen LogP contribution is 2.04. The molecule has 0 unspecified atom stereocenters. The summed E-state index contributed by atoms with van der Waals surface area (Å²) in [7, 11) is 0. The number of carbonyl (C=O) groups excluding carboxylic acids is 1. The molecule has 0 saturated heterocycles. The third kappa shape index (κ3) is 3.80. The lowest BCUT2D eigenvalue weighted by atomic mass is 10.1. The molecule has 74 valence electrons. The summed E-state index contributed by atoms with van der Waals surface area (Å²) in [5, 5.41) is 2.06. The fourth-order valence-corrected chi connectivity index (χ4v) is 1.17. The highest BCUT2D eigenvalue weighted by Gasteiger charge is 2.02. The van der Waals surface area contributed by atoms with Gasteiger partial charge in [0.05, 0.1) is 0 Å². The molecule has 1 aromatic carbocycles. The van der Waals surface area contributed by atoms with Gasteiger partial charge in [-0.2, -0.15) is 0 Å². The first-order valence-electron chi connectivity index (χ1n) is 4.39. The van der Waals surface area contributed by atoms with Gasteiger partial charge in [0.1, 0.15) is 0 Å². The van der Waals surface area contributed by atoms with Crippen LogP contribution < -0.4 is 0 Å². The molecule has 0 heterocycles. The van der Waals surface area contributed by atoms with Crippen molar-refractivity contribution < 1.29 is 9.63 Å². The molecule has 0 N–H and O–H groups in total. The Morgan fingerprint density at radius 1 is 1.29 bits per heavy atom. The van der Waals surface area contributed by atoms with E-state index in [1.807, 2.05) is 30.3 Å². The molecule has 0 fully saturated rings. The summed E-state index contributed by atoms with van der Waals surface area (Å²) in [6.45, 7) is 0. The molecule has 0 atom stereocenters. The van der Waals surface area contributed by atoms with Gasteiger partial charge in [-0.25, -0.2) is 4.79 Å². The highest BCUT2D eigenvalue weighted by atomic mass is 16.7. The lowest BCUT2D eigenvalue weighted by molar-refractivity contribution is -0.144. The maximum atomic E-state index is 10.7. The average Bonchev–Trinajstić information content (AvgIpc) is 2.20. The molecule has 0 saturated carbocycles. The second-order valence-corrected chi connectivity index (χ2v) is 2.88. The van der Waals surface area contributed by atoms with E-state index in [1.165, 1.54) is 5.56 Å². The van der Waals surface area contributed by atoms with Crippen molar-refractivity contribution in [2.24, 2.45) is 5.34 Å². The molecule has 0 bridgehead atoms. The van der Waals surface area contributed by atoms with Gasteiger partial charge in [-0.1, -0.05) is 30.3 Å². The summed E-state index contributed by atoms with van der Waals surface area (Å²) >= 11 is 0. The number of benzene rings is 1. The van der Waals surface area contributed by atoms with Gasteiger partial charge in [0.2, 0.25) is 0 Å². The SMILES string of the molecule is O=NOC(=O)CCCc1ccccc1. The van der Waals surface area contributed by atoms with Gasteiger partial charge in [0.25, 0.3) is 0 Å². The van der Waals surface area contributed by atoms with Gasteiger partial charge in [-0.15, -0.1) is 4.91 Å². The Balaban J connectivity index is 2.22. The molecule has 1 aromatic rings. The normalized spacial score (nSPS) is 9.43. The van der Waals surface area contributed by atoms with Crippen LogP contribution in [0.2, 0.25) is 0 Å². The molecule has 4 nitrogen and oxygen atoms in total. The van der Waals surface area contributed by atoms with Crippen molar-refractivity contribution in [3.63, 3.8) is 0 Å². The van der Waals surface area contributed by atoms with Crippen LogP contribution in [0.4, 0.5) is 0 Å². The number of hydrogen-bond donors (Lipinski definition) is 0. The molecule has 14 heavy (non-hydrogen) atoms. The molecule has 0 aliphatic heterocycles. The quantitative estimate of drug-likeness (QED) is 0.532. The monoisotopic (exact) mass is 193 g/mol. The fraction of sp³-hybridized carbons (Fsp3) is 0.300. The molecule has 0 aromatic heterocycles. The first kappa shape index (κ1) is 10.4. The van der Waals surface area contributed by atoms with Crippen LogP contribution in [0.15, 0.2) is 35.7 Å². The van der Waals surface area contributed by atoms with Crippen molar-refractivity contribution in [1.82, 2.24) is 0 Å². The fourth-order valence-electron chi connectivity index (χ4n) is 1.17. The molecular formula is C10H11NO3. The van der Waals surface area contributed by atoms with Crippen LogP contribution in [0.5, 0.6) is 0 Å². The molecule has 0 aliphatic rings. The summed E-state index contributed by atoms with van der Waals surface area (Å²) < 4.78 is 0. The summed E-state index contributed by atoms with van der Waals surface area (Å²) in [6.07, 6.45) is 1.69. The Morgan fingerprint density at radius 2 is 2.00 bits per heavy atom. The predicted octanol–water partition coefficient (Wildman–Crippen LogP) is 2.23. The molecule has 4 heteroatoms. The van der Waals surface area contributed by atoms with Gasteiger partial charge in [-0.3, -0.25) is 4.84 Å². The molecule has 0 spiro atoms. The van der Waals surface area contributed by atoms with Crippen molar-refractivity contribution in [3.05, 3.63) is 40.8 Å². The van der Waals surface area contributed by atoms with E-state index in [2.05, 4.69) is 10.2 Å². The molecular weight excluding hydrogens is 182 g/mol. The van der Waals surface area contributed by atoms with Gasteiger partial charge >= 0.3 is 5.97 Å². The van der Waals surface area contributed by atoms with E-state index >= 15 is 0 Å². The zero-order chi connectivity index (χ0) is 10.2. The maximum absolute atomic E-state index is 10.7. The smallest absolute Gasteiger partial charge is 0.285 e. The Hall–Kier alpha value is -1.71. The topological polar surface area (TPSA) is 55.7 Å². The second-order valence-electron chi connectivity index (χ2n) is 2.88. The zero-order valence-corrected chi connectivity index (χ0v) is 7.68. The van der Waals surface area contributed by atoms with E-state index in [0.717, 1.165) is 6.42 Å². The number of hydrogen-bond acceptors (Lipinski definition) is 4. The van der Waals surface area contributed by atoms with Crippen LogP contribution in [-0.4, -0.2) is 5.97 Å². The van der Waals surface area contributed by atoms with Crippen LogP contribution in [0.1, 0.15) is 18.4 Å². The first-order valence-corrected chi connectivity index (χ1v) is 4.39. The number of rotatable bonds is 5. The minimum absolute atomic E-state index is 0.223. The van der Waals surface area contributed by atoms with Crippen molar-refractivity contribution in [2.45, 2.75) is 19.3 Å². The summed E-state index contributed by atoms with van der Waals surface area (Å²) in [6, 6.07) is 9.81. The van der Waals surface area contributed by atoms with E-state index in [4.69, 9.17) is 0 Å². The lowest BCUT2D eigenvalue weighted by Gasteiger charge is -1.98. The standard InChI is InChI=1S/C10H11NO3/c12-10(14-11-13)8-4-7-9-5-2-1-3-6-9/h1-3,5-6H,4,7-8H2. The Morgan fingerprint density at radius 3 is 2.64 bits per heavy atom. The van der Waals surface area contributed by atoms with Crippen LogP contribution in [0.25, 0.3) is 0 Å². The molecule has 0 radical (unpaired) electrons.